The average Bonchev–Trinajstić information content (AvgIpc) is 3.03. The maximum absolute atomic E-state index is 12.1. The van der Waals surface area contributed by atoms with Gasteiger partial charge in [-0.15, -0.1) is 0 Å². The summed E-state index contributed by atoms with van der Waals surface area (Å²) in [6, 6.07) is 3.58. The van der Waals surface area contributed by atoms with Crippen molar-refractivity contribution < 1.29 is 9.53 Å². The van der Waals surface area contributed by atoms with Gasteiger partial charge >= 0.3 is 0 Å². The lowest BCUT2D eigenvalue weighted by Crippen LogP contribution is -2.17. The lowest BCUT2D eigenvalue weighted by Gasteiger charge is -2.11. The maximum Gasteiger partial charge on any atom is 0.230 e. The third-order valence-corrected chi connectivity index (χ3v) is 3.67. The van der Waals surface area contributed by atoms with Crippen LogP contribution < -0.4 is 10.1 Å². The fraction of sp³-hybridized carbons (Fsp3) is 0.286. The Morgan fingerprint density at radius 2 is 2.40 bits per heavy atom. The molecule has 5 nitrogen and oxygen atoms in total. The zero-order chi connectivity index (χ0) is 14.1. The molecule has 0 aliphatic carbocycles. The number of hydrogen-bond acceptors (Lipinski definition) is 3. The van der Waals surface area contributed by atoms with Crippen LogP contribution in [0, 0.1) is 0 Å². The fourth-order valence-corrected chi connectivity index (χ4v) is 2.51. The van der Waals surface area contributed by atoms with E-state index >= 15 is 0 Å². The molecule has 2 heterocycles. The van der Waals surface area contributed by atoms with E-state index in [1.165, 1.54) is 0 Å². The summed E-state index contributed by atoms with van der Waals surface area (Å²) in [7, 11) is 1.86. The Morgan fingerprint density at radius 1 is 1.55 bits per heavy atom. The van der Waals surface area contributed by atoms with Crippen LogP contribution in [-0.4, -0.2) is 22.1 Å². The molecule has 6 heteroatoms. The molecule has 0 saturated heterocycles. The van der Waals surface area contributed by atoms with Gasteiger partial charge in [-0.1, -0.05) is 11.6 Å². The summed E-state index contributed by atoms with van der Waals surface area (Å²) < 4.78 is 7.30. The monoisotopic (exact) mass is 291 g/mol. The first-order valence-corrected chi connectivity index (χ1v) is 6.72. The molecule has 1 N–H and O–H groups in total. The van der Waals surface area contributed by atoms with E-state index in [2.05, 4.69) is 10.3 Å². The van der Waals surface area contributed by atoms with Crippen molar-refractivity contribution in [2.24, 2.45) is 7.05 Å². The first-order chi connectivity index (χ1) is 9.65. The van der Waals surface area contributed by atoms with Gasteiger partial charge in [0.1, 0.15) is 5.75 Å². The Balaban J connectivity index is 1.80. The summed E-state index contributed by atoms with van der Waals surface area (Å²) in [5.74, 6) is 0.682. The van der Waals surface area contributed by atoms with Crippen molar-refractivity contribution in [1.82, 2.24) is 9.55 Å². The number of aromatic nitrogens is 2. The Hall–Kier alpha value is -2.01. The number of anilines is 1. The first kappa shape index (κ1) is 13.0. The molecule has 20 heavy (non-hydrogen) atoms. The molecule has 2 aromatic rings. The largest absolute Gasteiger partial charge is 0.493 e. The molecule has 0 atom stereocenters. The first-order valence-electron chi connectivity index (χ1n) is 6.34. The van der Waals surface area contributed by atoms with Crippen molar-refractivity contribution in [3.8, 4) is 5.75 Å². The van der Waals surface area contributed by atoms with Gasteiger partial charge in [-0.2, -0.15) is 0 Å². The quantitative estimate of drug-likeness (QED) is 0.943. The zero-order valence-electron chi connectivity index (χ0n) is 11.0. The molecule has 0 unspecified atom stereocenters. The highest BCUT2D eigenvalue weighted by molar-refractivity contribution is 6.34. The SMILES string of the molecule is Cn1cncc1CC(=O)Nc1c(Cl)ccc2c1CCO2. The van der Waals surface area contributed by atoms with Crippen LogP contribution in [0.25, 0.3) is 0 Å². The van der Waals surface area contributed by atoms with Crippen molar-refractivity contribution in [2.45, 2.75) is 12.8 Å². The smallest absolute Gasteiger partial charge is 0.230 e. The molecule has 0 spiro atoms. The Labute approximate surface area is 121 Å². The van der Waals surface area contributed by atoms with Gasteiger partial charge < -0.3 is 14.6 Å². The number of halogens is 1. The van der Waals surface area contributed by atoms with Crippen molar-refractivity contribution in [1.29, 1.82) is 0 Å². The molecule has 1 aromatic heterocycles. The minimum Gasteiger partial charge on any atom is -0.493 e. The summed E-state index contributed by atoms with van der Waals surface area (Å²) in [5.41, 5.74) is 2.48. The number of hydrogen-bond donors (Lipinski definition) is 1. The lowest BCUT2D eigenvalue weighted by atomic mass is 10.1. The van der Waals surface area contributed by atoms with Gasteiger partial charge in [0.05, 0.1) is 30.1 Å². The summed E-state index contributed by atoms with van der Waals surface area (Å²) in [5, 5.41) is 3.42. The number of ether oxygens (including phenoxy) is 1. The highest BCUT2D eigenvalue weighted by Crippen LogP contribution is 2.37. The van der Waals surface area contributed by atoms with E-state index in [0.717, 1.165) is 23.4 Å². The van der Waals surface area contributed by atoms with Crippen molar-refractivity contribution in [3.05, 3.63) is 40.9 Å². The zero-order valence-corrected chi connectivity index (χ0v) is 11.8. The van der Waals surface area contributed by atoms with E-state index in [0.29, 0.717) is 17.3 Å². The number of fused-ring (bicyclic) bond motifs is 1. The molecule has 1 aromatic carbocycles. The number of carbonyl (C=O) groups excluding carboxylic acids is 1. The highest BCUT2D eigenvalue weighted by Gasteiger charge is 2.20. The van der Waals surface area contributed by atoms with Crippen LogP contribution >= 0.6 is 11.6 Å². The number of rotatable bonds is 3. The van der Waals surface area contributed by atoms with Gasteiger partial charge in [0, 0.05) is 30.9 Å². The van der Waals surface area contributed by atoms with E-state index in [4.69, 9.17) is 16.3 Å². The second kappa shape index (κ2) is 5.17. The summed E-state index contributed by atoms with van der Waals surface area (Å²) in [6.45, 7) is 0.625. The normalized spacial score (nSPS) is 12.9. The molecule has 0 fully saturated rings. The molecular formula is C14H14ClN3O2. The minimum atomic E-state index is -0.115. The van der Waals surface area contributed by atoms with Crippen molar-refractivity contribution >= 4 is 23.2 Å². The third-order valence-electron chi connectivity index (χ3n) is 3.35. The molecule has 104 valence electrons. The molecule has 3 rings (SSSR count). The molecule has 1 amide bonds. The number of nitrogens with one attached hydrogen (secondary N) is 1. The molecule has 1 aliphatic rings. The van der Waals surface area contributed by atoms with Crippen LogP contribution in [0.2, 0.25) is 5.02 Å². The number of imidazole rings is 1. The predicted molar refractivity (Wildman–Crippen MR) is 76.2 cm³/mol. The average molecular weight is 292 g/mol. The van der Waals surface area contributed by atoms with E-state index < -0.39 is 0 Å². The van der Waals surface area contributed by atoms with Crippen LogP contribution in [0.5, 0.6) is 5.75 Å². The number of nitrogens with zero attached hydrogens (tertiary/aromatic N) is 2. The second-order valence-corrected chi connectivity index (χ2v) is 5.13. The van der Waals surface area contributed by atoms with Crippen LogP contribution in [-0.2, 0) is 24.7 Å². The van der Waals surface area contributed by atoms with Gasteiger partial charge in [0.2, 0.25) is 5.91 Å². The summed E-state index contributed by atoms with van der Waals surface area (Å²) >= 11 is 6.18. The van der Waals surface area contributed by atoms with Crippen LogP contribution in [0.1, 0.15) is 11.3 Å². The van der Waals surface area contributed by atoms with Crippen LogP contribution in [0.15, 0.2) is 24.7 Å². The van der Waals surface area contributed by atoms with Gasteiger partial charge in [-0.3, -0.25) is 4.79 Å². The summed E-state index contributed by atoms with van der Waals surface area (Å²) in [6.07, 6.45) is 4.37. The Morgan fingerprint density at radius 3 is 3.15 bits per heavy atom. The second-order valence-electron chi connectivity index (χ2n) is 4.72. The van der Waals surface area contributed by atoms with Crippen molar-refractivity contribution in [3.63, 3.8) is 0 Å². The van der Waals surface area contributed by atoms with E-state index in [1.807, 2.05) is 17.7 Å². The van der Waals surface area contributed by atoms with E-state index in [9.17, 15) is 4.79 Å². The lowest BCUT2D eigenvalue weighted by molar-refractivity contribution is -0.115. The standard InChI is InChI=1S/C14H14ClN3O2/c1-18-8-16-7-9(18)6-13(19)17-14-10-4-5-20-12(10)3-2-11(14)15/h2-3,7-8H,4-6H2,1H3,(H,17,19). The van der Waals surface area contributed by atoms with E-state index in [1.54, 1.807) is 18.6 Å². The minimum absolute atomic E-state index is 0.115. The van der Waals surface area contributed by atoms with Gasteiger partial charge in [0.25, 0.3) is 0 Å². The van der Waals surface area contributed by atoms with Crippen molar-refractivity contribution in [2.75, 3.05) is 11.9 Å². The van der Waals surface area contributed by atoms with Gasteiger partial charge in [-0.05, 0) is 12.1 Å². The maximum atomic E-state index is 12.1. The molecular weight excluding hydrogens is 278 g/mol. The van der Waals surface area contributed by atoms with Gasteiger partial charge in [-0.25, -0.2) is 4.98 Å². The Kier molecular flexibility index (Phi) is 3.36. The number of aryl methyl sites for hydroxylation is 1. The number of amides is 1. The number of benzene rings is 1. The van der Waals surface area contributed by atoms with Crippen LogP contribution in [0.3, 0.4) is 0 Å². The highest BCUT2D eigenvalue weighted by atomic mass is 35.5. The Bertz CT molecular complexity index is 666. The molecule has 0 saturated carbocycles. The predicted octanol–water partition coefficient (Wildman–Crippen LogP) is 2.19. The molecule has 1 aliphatic heterocycles. The molecule has 0 bridgehead atoms. The van der Waals surface area contributed by atoms with Gasteiger partial charge in [0.15, 0.2) is 0 Å². The van der Waals surface area contributed by atoms with E-state index in [-0.39, 0.29) is 12.3 Å². The topological polar surface area (TPSA) is 56.2 Å². The third kappa shape index (κ3) is 2.36. The number of carbonyl (C=O) groups is 1. The fourth-order valence-electron chi connectivity index (χ4n) is 2.28. The molecule has 0 radical (unpaired) electrons. The summed E-state index contributed by atoms with van der Waals surface area (Å²) in [4.78, 5) is 16.1. The van der Waals surface area contributed by atoms with Crippen LogP contribution in [0.4, 0.5) is 5.69 Å².